The first kappa shape index (κ1) is 25.3. The first-order valence-corrected chi connectivity index (χ1v) is 12.0. The summed E-state index contributed by atoms with van der Waals surface area (Å²) in [5, 5.41) is 14.4. The largest absolute Gasteiger partial charge is 0.481 e. The lowest BCUT2D eigenvalue weighted by atomic mass is 9.98. The van der Waals surface area contributed by atoms with Crippen LogP contribution in [0.25, 0.3) is 11.1 Å². The second-order valence-electron chi connectivity index (χ2n) is 8.99. The van der Waals surface area contributed by atoms with Gasteiger partial charge in [0.05, 0.1) is 0 Å². The Bertz CT molecular complexity index is 961. The zero-order valence-electron chi connectivity index (χ0n) is 19.9. The number of amides is 2. The number of rotatable bonds is 12. The van der Waals surface area contributed by atoms with Crippen molar-refractivity contribution < 1.29 is 24.2 Å². The maximum atomic E-state index is 12.3. The molecule has 2 amide bonds. The zero-order chi connectivity index (χ0) is 24.5. The average Bonchev–Trinajstić information content (AvgIpc) is 3.13. The highest BCUT2D eigenvalue weighted by Gasteiger charge is 2.29. The molecule has 2 aromatic rings. The third-order valence-corrected chi connectivity index (χ3v) is 6.29. The number of carbonyl (C=O) groups is 3. The fourth-order valence-corrected chi connectivity index (χ4v) is 4.40. The molecule has 0 saturated carbocycles. The minimum Gasteiger partial charge on any atom is -0.481 e. The number of hydrogen-bond acceptors (Lipinski definition) is 4. The maximum absolute atomic E-state index is 12.3. The number of nitrogens with one attached hydrogen (secondary N) is 2. The van der Waals surface area contributed by atoms with Gasteiger partial charge in [0.2, 0.25) is 5.91 Å². The van der Waals surface area contributed by atoms with Crippen molar-refractivity contribution in [1.29, 1.82) is 0 Å². The number of alkyl carbamates (subject to hydrolysis) is 1. The van der Waals surface area contributed by atoms with Crippen LogP contribution >= 0.6 is 0 Å². The molecule has 3 N–H and O–H groups in total. The number of aliphatic carboxylic acids is 1. The van der Waals surface area contributed by atoms with Gasteiger partial charge >= 0.3 is 12.1 Å². The summed E-state index contributed by atoms with van der Waals surface area (Å²) in [6.45, 7) is 4.44. The van der Waals surface area contributed by atoms with E-state index >= 15 is 0 Å². The van der Waals surface area contributed by atoms with Crippen LogP contribution in [0.3, 0.4) is 0 Å². The lowest BCUT2D eigenvalue weighted by Gasteiger charge is -2.17. The summed E-state index contributed by atoms with van der Waals surface area (Å²) >= 11 is 0. The van der Waals surface area contributed by atoms with E-state index in [1.54, 1.807) is 0 Å². The Balaban J connectivity index is 1.35. The van der Waals surface area contributed by atoms with Gasteiger partial charge in [-0.05, 0) is 54.9 Å². The minimum atomic E-state index is -0.823. The Morgan fingerprint density at radius 1 is 0.941 bits per heavy atom. The van der Waals surface area contributed by atoms with Crippen molar-refractivity contribution >= 4 is 18.0 Å². The van der Waals surface area contributed by atoms with Gasteiger partial charge in [-0.3, -0.25) is 9.59 Å². The summed E-state index contributed by atoms with van der Waals surface area (Å²) in [6.07, 6.45) is 2.12. The monoisotopic (exact) mass is 466 g/mol. The Morgan fingerprint density at radius 3 is 2.18 bits per heavy atom. The van der Waals surface area contributed by atoms with Gasteiger partial charge in [-0.1, -0.05) is 55.5 Å². The predicted molar refractivity (Wildman–Crippen MR) is 131 cm³/mol. The second-order valence-corrected chi connectivity index (χ2v) is 8.99. The first-order chi connectivity index (χ1) is 16.4. The van der Waals surface area contributed by atoms with Gasteiger partial charge < -0.3 is 20.5 Å². The van der Waals surface area contributed by atoms with Gasteiger partial charge in [0.15, 0.2) is 0 Å². The molecule has 2 unspecified atom stereocenters. The highest BCUT2D eigenvalue weighted by molar-refractivity contribution is 5.79. The van der Waals surface area contributed by atoms with E-state index in [1.165, 1.54) is 22.3 Å². The molecule has 0 aromatic heterocycles. The third kappa shape index (κ3) is 6.83. The minimum absolute atomic E-state index is 0.0272. The smallest absolute Gasteiger partial charge is 0.407 e. The van der Waals surface area contributed by atoms with E-state index in [2.05, 4.69) is 34.9 Å². The summed E-state index contributed by atoms with van der Waals surface area (Å²) in [4.78, 5) is 35.1. The van der Waals surface area contributed by atoms with Crippen LogP contribution in [0.2, 0.25) is 0 Å². The van der Waals surface area contributed by atoms with Crippen molar-refractivity contribution in [2.75, 3.05) is 13.2 Å². The number of carboxylic acids is 1. The number of carbonyl (C=O) groups excluding carboxylic acids is 2. The topological polar surface area (TPSA) is 105 Å². The molecule has 2 atom stereocenters. The Hall–Kier alpha value is -3.35. The average molecular weight is 467 g/mol. The van der Waals surface area contributed by atoms with Crippen molar-refractivity contribution in [2.24, 2.45) is 5.92 Å². The molecule has 1 aliphatic rings. The SMILES string of the molecule is CC(CCCC(=O)O)NC(=O)C(C)CCCNC(=O)OCC1c2ccccc2-c2ccccc21. The molecular weight excluding hydrogens is 432 g/mol. The van der Waals surface area contributed by atoms with Crippen LogP contribution in [-0.2, 0) is 14.3 Å². The highest BCUT2D eigenvalue weighted by atomic mass is 16.5. The molecule has 7 nitrogen and oxygen atoms in total. The van der Waals surface area contributed by atoms with E-state index in [0.717, 1.165) is 0 Å². The molecule has 0 saturated heterocycles. The van der Waals surface area contributed by atoms with Gasteiger partial charge in [0, 0.05) is 30.8 Å². The fraction of sp³-hybridized carbons (Fsp3) is 0.444. The Labute approximate surface area is 200 Å². The van der Waals surface area contributed by atoms with E-state index in [4.69, 9.17) is 9.84 Å². The normalized spacial score (nSPS) is 13.9. The molecule has 1 aliphatic carbocycles. The van der Waals surface area contributed by atoms with Crippen LogP contribution < -0.4 is 10.6 Å². The third-order valence-electron chi connectivity index (χ3n) is 6.29. The van der Waals surface area contributed by atoms with E-state index in [0.29, 0.717) is 32.2 Å². The number of benzene rings is 2. The van der Waals surface area contributed by atoms with E-state index < -0.39 is 12.1 Å². The van der Waals surface area contributed by atoms with Gasteiger partial charge in [-0.2, -0.15) is 0 Å². The second kappa shape index (κ2) is 12.2. The quantitative estimate of drug-likeness (QED) is 0.393. The summed E-state index contributed by atoms with van der Waals surface area (Å²) < 4.78 is 5.53. The highest BCUT2D eigenvalue weighted by Crippen LogP contribution is 2.44. The molecule has 0 heterocycles. The van der Waals surface area contributed by atoms with Gasteiger partial charge in [-0.15, -0.1) is 0 Å². The summed E-state index contributed by atoms with van der Waals surface area (Å²) in [7, 11) is 0. The number of hydrogen-bond donors (Lipinski definition) is 3. The van der Waals surface area contributed by atoms with Crippen LogP contribution in [0.15, 0.2) is 48.5 Å². The van der Waals surface area contributed by atoms with Crippen molar-refractivity contribution in [1.82, 2.24) is 10.6 Å². The molecule has 0 fully saturated rings. The summed E-state index contributed by atoms with van der Waals surface area (Å²) in [5.41, 5.74) is 4.73. The molecule has 0 aliphatic heterocycles. The summed E-state index contributed by atoms with van der Waals surface area (Å²) in [6, 6.07) is 16.4. The molecule has 0 spiro atoms. The molecule has 2 aromatic carbocycles. The van der Waals surface area contributed by atoms with Crippen molar-refractivity contribution in [3.05, 3.63) is 59.7 Å². The number of carboxylic acid groups (broad SMARTS) is 1. The van der Waals surface area contributed by atoms with Gasteiger partial charge in [0.25, 0.3) is 0 Å². The van der Waals surface area contributed by atoms with E-state index in [9.17, 15) is 14.4 Å². The van der Waals surface area contributed by atoms with Crippen molar-refractivity contribution in [3.63, 3.8) is 0 Å². The van der Waals surface area contributed by atoms with Gasteiger partial charge in [-0.25, -0.2) is 4.79 Å². The first-order valence-electron chi connectivity index (χ1n) is 12.0. The van der Waals surface area contributed by atoms with Crippen LogP contribution in [0.5, 0.6) is 0 Å². The van der Waals surface area contributed by atoms with Crippen molar-refractivity contribution in [3.8, 4) is 11.1 Å². The standard InChI is InChI=1S/C27H34N2O5/c1-18(26(32)29-19(2)10-7-15-25(30)31)9-8-16-28-27(33)34-17-24-22-13-5-3-11-20(22)21-12-4-6-14-23(21)24/h3-6,11-14,18-19,24H,7-10,15-17H2,1-2H3,(H,28,33)(H,29,32)(H,30,31). The van der Waals surface area contributed by atoms with Crippen LogP contribution in [0.1, 0.15) is 63.0 Å². The van der Waals surface area contributed by atoms with E-state index in [-0.39, 0.29) is 36.8 Å². The molecule has 0 radical (unpaired) electrons. The molecule has 3 rings (SSSR count). The van der Waals surface area contributed by atoms with E-state index in [1.807, 2.05) is 38.1 Å². The molecular formula is C27H34N2O5. The van der Waals surface area contributed by atoms with Crippen LogP contribution in [0.4, 0.5) is 4.79 Å². The Morgan fingerprint density at radius 2 is 1.56 bits per heavy atom. The molecule has 34 heavy (non-hydrogen) atoms. The molecule has 7 heteroatoms. The number of fused-ring (bicyclic) bond motifs is 3. The Kier molecular flexibility index (Phi) is 9.08. The molecule has 0 bridgehead atoms. The molecule has 182 valence electrons. The number of ether oxygens (including phenoxy) is 1. The zero-order valence-corrected chi connectivity index (χ0v) is 19.9. The van der Waals surface area contributed by atoms with Crippen molar-refractivity contribution in [2.45, 2.75) is 57.9 Å². The summed E-state index contributed by atoms with van der Waals surface area (Å²) in [5.74, 6) is -1.04. The fourth-order valence-electron chi connectivity index (χ4n) is 4.40. The van der Waals surface area contributed by atoms with Gasteiger partial charge in [0.1, 0.15) is 6.61 Å². The van der Waals surface area contributed by atoms with Crippen LogP contribution in [-0.4, -0.2) is 42.3 Å². The maximum Gasteiger partial charge on any atom is 0.407 e. The van der Waals surface area contributed by atoms with Crippen LogP contribution in [0, 0.1) is 5.92 Å². The predicted octanol–water partition coefficient (Wildman–Crippen LogP) is 4.70. The lowest BCUT2D eigenvalue weighted by Crippen LogP contribution is -2.36. The lowest BCUT2D eigenvalue weighted by molar-refractivity contribution is -0.137.